The zero-order valence-electron chi connectivity index (χ0n) is 36.6. The molecule has 0 radical (unpaired) electrons. The summed E-state index contributed by atoms with van der Waals surface area (Å²) in [5.41, 5.74) is 21.4. The molecule has 14 rings (SSSR count). The first-order valence-corrected chi connectivity index (χ1v) is 23.3. The van der Waals surface area contributed by atoms with Crippen LogP contribution in [-0.4, -0.2) is 4.57 Å². The Hall–Kier alpha value is -8.72. The van der Waals surface area contributed by atoms with Crippen molar-refractivity contribution in [2.75, 3.05) is 4.90 Å². The van der Waals surface area contributed by atoms with Gasteiger partial charge in [-0.3, -0.25) is 0 Å². The molecule has 1 spiro atoms. The minimum Gasteiger partial charge on any atom is -0.310 e. The van der Waals surface area contributed by atoms with Gasteiger partial charge in [-0.2, -0.15) is 0 Å². The number of nitrogens with zero attached hydrogens (tertiary/aromatic N) is 2. The van der Waals surface area contributed by atoms with Gasteiger partial charge in [0.2, 0.25) is 0 Å². The molecule has 2 aliphatic carbocycles. The van der Waals surface area contributed by atoms with Crippen molar-refractivity contribution < 1.29 is 0 Å². The predicted octanol–water partition coefficient (Wildman–Crippen LogP) is 17.1. The Morgan fingerprint density at radius 3 is 1.64 bits per heavy atom. The second-order valence-electron chi connectivity index (χ2n) is 17.9. The largest absolute Gasteiger partial charge is 0.310 e. The molecule has 0 amide bonds. The van der Waals surface area contributed by atoms with Crippen molar-refractivity contribution in [1.29, 1.82) is 0 Å². The van der Waals surface area contributed by atoms with E-state index in [9.17, 15) is 0 Å². The number of para-hydroxylation sites is 2. The molecule has 11 aromatic carbocycles. The summed E-state index contributed by atoms with van der Waals surface area (Å²) in [4.78, 5) is 2.51. The Balaban J connectivity index is 1.10. The normalized spacial score (nSPS) is 14.3. The Labute approximate surface area is 389 Å². The van der Waals surface area contributed by atoms with Crippen LogP contribution in [0.15, 0.2) is 255 Å². The molecule has 312 valence electrons. The number of rotatable bonds is 6. The minimum atomic E-state index is -0.629. The highest BCUT2D eigenvalue weighted by molar-refractivity contribution is 6.17. The third-order valence-electron chi connectivity index (χ3n) is 14.6. The summed E-state index contributed by atoms with van der Waals surface area (Å²) in [5, 5.41) is 5.00. The van der Waals surface area contributed by atoms with Crippen molar-refractivity contribution in [1.82, 2.24) is 4.57 Å². The van der Waals surface area contributed by atoms with Crippen LogP contribution in [0.2, 0.25) is 0 Å². The summed E-state index contributed by atoms with van der Waals surface area (Å²) < 4.78 is 2.42. The Kier molecular flexibility index (Phi) is 8.23. The lowest BCUT2D eigenvalue weighted by atomic mass is 9.60. The topological polar surface area (TPSA) is 8.17 Å². The van der Waals surface area contributed by atoms with Gasteiger partial charge in [0.25, 0.3) is 0 Å². The van der Waals surface area contributed by atoms with E-state index in [1.807, 2.05) is 0 Å². The molecule has 2 heteroatoms. The zero-order valence-corrected chi connectivity index (χ0v) is 36.6. The molecule has 1 heterocycles. The van der Waals surface area contributed by atoms with E-state index >= 15 is 0 Å². The lowest BCUT2D eigenvalue weighted by molar-refractivity contribution is 0.775. The number of anilines is 3. The first-order valence-electron chi connectivity index (χ1n) is 23.3. The quantitative estimate of drug-likeness (QED) is 0.162. The van der Waals surface area contributed by atoms with E-state index in [2.05, 4.69) is 264 Å². The smallest absolute Gasteiger partial charge is 0.0732 e. The standard InChI is InChI=1S/C65H42N2/c1-4-18-43(19-5-1)44-34-37-48(38-35-44)66(60-32-17-33-61-63(60)55-27-12-15-31-59(55)67(61)47-23-8-3-9-24-47)49-39-41-53-51-25-10-13-29-56(51)65(58(53)42-49)57-30-14-11-26-52(57)54-28-16-22-46-36-40-50(64(65)62(46)54)45-20-6-2-7-21-45/h1-42H. The maximum absolute atomic E-state index is 2.54. The van der Waals surface area contributed by atoms with Gasteiger partial charge in [-0.15, -0.1) is 0 Å². The monoisotopic (exact) mass is 850 g/mol. The van der Waals surface area contributed by atoms with Crippen molar-refractivity contribution in [2.24, 2.45) is 0 Å². The summed E-state index contributed by atoms with van der Waals surface area (Å²) in [5.74, 6) is 0. The fraction of sp³-hybridized carbons (Fsp3) is 0.0154. The van der Waals surface area contributed by atoms with E-state index < -0.39 is 5.41 Å². The highest BCUT2D eigenvalue weighted by atomic mass is 15.1. The zero-order chi connectivity index (χ0) is 44.1. The van der Waals surface area contributed by atoms with Crippen LogP contribution in [0.5, 0.6) is 0 Å². The summed E-state index contributed by atoms with van der Waals surface area (Å²) in [7, 11) is 0. The number of hydrogen-bond acceptors (Lipinski definition) is 1. The van der Waals surface area contributed by atoms with Crippen LogP contribution >= 0.6 is 0 Å². The Morgan fingerprint density at radius 1 is 0.328 bits per heavy atom. The highest BCUT2D eigenvalue weighted by Crippen LogP contribution is 2.64. The molecule has 1 unspecified atom stereocenters. The SMILES string of the molecule is c1ccc(-c2ccc(N(c3ccc4c(c3)C3(c5ccccc5-4)c4ccccc4-c4cccc5ccc(-c6ccccc6)c3c45)c3cccc4c3c3ccccc3n4-c3ccccc3)cc2)cc1. The molecule has 0 N–H and O–H groups in total. The van der Waals surface area contributed by atoms with Gasteiger partial charge in [-0.25, -0.2) is 0 Å². The van der Waals surface area contributed by atoms with Crippen molar-refractivity contribution in [2.45, 2.75) is 5.41 Å². The number of hydrogen-bond donors (Lipinski definition) is 0. The molecule has 2 aliphatic rings. The molecule has 1 atom stereocenters. The second-order valence-corrected chi connectivity index (χ2v) is 17.9. The maximum Gasteiger partial charge on any atom is 0.0732 e. The average Bonchev–Trinajstić information content (AvgIpc) is 3.90. The molecular weight excluding hydrogens is 809 g/mol. The molecule has 1 aromatic heterocycles. The molecule has 67 heavy (non-hydrogen) atoms. The first-order chi connectivity index (χ1) is 33.3. The van der Waals surface area contributed by atoms with Crippen molar-refractivity contribution in [3.8, 4) is 50.2 Å². The average molecular weight is 851 g/mol. The van der Waals surface area contributed by atoms with E-state index in [1.165, 1.54) is 93.8 Å². The van der Waals surface area contributed by atoms with E-state index in [1.54, 1.807) is 0 Å². The van der Waals surface area contributed by atoms with Gasteiger partial charge in [0.05, 0.1) is 22.1 Å². The molecule has 0 fully saturated rings. The number of aromatic nitrogens is 1. The van der Waals surface area contributed by atoms with Crippen LogP contribution < -0.4 is 4.90 Å². The van der Waals surface area contributed by atoms with E-state index in [4.69, 9.17) is 0 Å². The molecule has 0 saturated heterocycles. The third kappa shape index (κ3) is 5.39. The van der Waals surface area contributed by atoms with Crippen molar-refractivity contribution >= 4 is 49.6 Å². The molecule has 0 saturated carbocycles. The van der Waals surface area contributed by atoms with Gasteiger partial charge < -0.3 is 9.47 Å². The van der Waals surface area contributed by atoms with E-state index in [0.29, 0.717) is 0 Å². The number of benzene rings is 11. The molecule has 12 aromatic rings. The fourth-order valence-corrected chi connectivity index (χ4v) is 11.9. The van der Waals surface area contributed by atoms with Crippen LogP contribution in [0.3, 0.4) is 0 Å². The van der Waals surface area contributed by atoms with Crippen LogP contribution in [0.1, 0.15) is 22.3 Å². The van der Waals surface area contributed by atoms with Crippen LogP contribution in [0, 0.1) is 0 Å². The molecule has 0 aliphatic heterocycles. The fourth-order valence-electron chi connectivity index (χ4n) is 11.9. The predicted molar refractivity (Wildman–Crippen MR) is 280 cm³/mol. The first kappa shape index (κ1) is 37.6. The van der Waals surface area contributed by atoms with Crippen molar-refractivity contribution in [3.63, 3.8) is 0 Å². The highest BCUT2D eigenvalue weighted by Gasteiger charge is 2.51. The Morgan fingerprint density at radius 2 is 0.881 bits per heavy atom. The van der Waals surface area contributed by atoms with Gasteiger partial charge in [-0.05, 0) is 132 Å². The van der Waals surface area contributed by atoms with Gasteiger partial charge >= 0.3 is 0 Å². The van der Waals surface area contributed by atoms with Gasteiger partial charge in [0, 0.05) is 27.8 Å². The lowest BCUT2D eigenvalue weighted by Gasteiger charge is -2.41. The lowest BCUT2D eigenvalue weighted by Crippen LogP contribution is -2.32. The minimum absolute atomic E-state index is 0.629. The Bertz CT molecular complexity index is 3900. The summed E-state index contributed by atoms with van der Waals surface area (Å²) in [6.07, 6.45) is 0. The van der Waals surface area contributed by atoms with Gasteiger partial charge in [0.15, 0.2) is 0 Å². The third-order valence-corrected chi connectivity index (χ3v) is 14.6. The van der Waals surface area contributed by atoms with E-state index in [0.717, 1.165) is 28.3 Å². The van der Waals surface area contributed by atoms with E-state index in [-0.39, 0.29) is 0 Å². The summed E-state index contributed by atoms with van der Waals surface area (Å²) in [6.45, 7) is 0. The van der Waals surface area contributed by atoms with Crippen LogP contribution in [0.4, 0.5) is 17.1 Å². The summed E-state index contributed by atoms with van der Waals surface area (Å²) >= 11 is 0. The maximum atomic E-state index is 2.54. The second kappa shape index (κ2) is 14.7. The van der Waals surface area contributed by atoms with Crippen LogP contribution in [0.25, 0.3) is 82.8 Å². The van der Waals surface area contributed by atoms with Gasteiger partial charge in [0.1, 0.15) is 0 Å². The van der Waals surface area contributed by atoms with Crippen molar-refractivity contribution in [3.05, 3.63) is 277 Å². The molecule has 2 nitrogen and oxygen atoms in total. The van der Waals surface area contributed by atoms with Crippen LogP contribution in [-0.2, 0) is 5.41 Å². The molecular formula is C65H42N2. The summed E-state index contributed by atoms with van der Waals surface area (Å²) in [6, 6.07) is 94.6. The molecule has 0 bridgehead atoms. The number of fused-ring (bicyclic) bond motifs is 12. The van der Waals surface area contributed by atoms with Gasteiger partial charge in [-0.1, -0.05) is 200 Å².